The molecule has 134 valence electrons. The average molecular weight is 336 g/mol. The number of aliphatic hydroxyl groups excluding tert-OH is 1. The van der Waals surface area contributed by atoms with Crippen molar-refractivity contribution in [3.8, 4) is 0 Å². The van der Waals surface area contributed by atoms with E-state index in [0.29, 0.717) is 12.8 Å². The Balaban J connectivity index is 2.83. The van der Waals surface area contributed by atoms with Gasteiger partial charge in [0.2, 0.25) is 5.91 Å². The van der Waals surface area contributed by atoms with Gasteiger partial charge in [0.15, 0.2) is 0 Å². The third-order valence-corrected chi connectivity index (χ3v) is 3.92. The molecule has 2 amide bonds. The SMILES string of the molecule is CCC(O)C(Cc1ccccc1)NC(=O)C(NC(=O)OC)C(C)C. The fourth-order valence-electron chi connectivity index (χ4n) is 2.43. The lowest BCUT2D eigenvalue weighted by molar-refractivity contribution is -0.125. The molecule has 1 rings (SSSR count). The number of amides is 2. The van der Waals surface area contributed by atoms with Crippen LogP contribution in [-0.4, -0.2) is 42.4 Å². The molecule has 6 heteroatoms. The van der Waals surface area contributed by atoms with Crippen LogP contribution in [0.4, 0.5) is 4.79 Å². The van der Waals surface area contributed by atoms with Gasteiger partial charge in [-0.3, -0.25) is 4.79 Å². The normalized spacial score (nSPS) is 14.6. The number of ether oxygens (including phenoxy) is 1. The van der Waals surface area contributed by atoms with Crippen molar-refractivity contribution in [2.45, 2.75) is 51.8 Å². The third-order valence-electron chi connectivity index (χ3n) is 3.92. The highest BCUT2D eigenvalue weighted by Crippen LogP contribution is 2.10. The Labute approximate surface area is 143 Å². The highest BCUT2D eigenvalue weighted by molar-refractivity contribution is 5.86. The number of hydrogen-bond donors (Lipinski definition) is 3. The molecule has 3 N–H and O–H groups in total. The van der Waals surface area contributed by atoms with Gasteiger partial charge in [-0.05, 0) is 24.3 Å². The van der Waals surface area contributed by atoms with Crippen LogP contribution in [0.1, 0.15) is 32.8 Å². The summed E-state index contributed by atoms with van der Waals surface area (Å²) >= 11 is 0. The van der Waals surface area contributed by atoms with E-state index in [1.54, 1.807) is 0 Å². The molecule has 1 aromatic rings. The number of aliphatic hydroxyl groups is 1. The first-order valence-electron chi connectivity index (χ1n) is 8.25. The number of carbonyl (C=O) groups excluding carboxylic acids is 2. The Kier molecular flexibility index (Phi) is 8.26. The number of carbonyl (C=O) groups is 2. The lowest BCUT2D eigenvalue weighted by Crippen LogP contribution is -2.54. The molecular formula is C18H28N2O4. The van der Waals surface area contributed by atoms with Crippen molar-refractivity contribution in [2.75, 3.05) is 7.11 Å². The van der Waals surface area contributed by atoms with Gasteiger partial charge >= 0.3 is 6.09 Å². The lowest BCUT2D eigenvalue weighted by Gasteiger charge is -2.27. The van der Waals surface area contributed by atoms with Crippen molar-refractivity contribution < 1.29 is 19.4 Å². The summed E-state index contributed by atoms with van der Waals surface area (Å²) in [6.45, 7) is 5.53. The van der Waals surface area contributed by atoms with Crippen LogP contribution in [0.25, 0.3) is 0 Å². The molecule has 0 spiro atoms. The topological polar surface area (TPSA) is 87.7 Å². The van der Waals surface area contributed by atoms with Crippen molar-refractivity contribution in [1.82, 2.24) is 10.6 Å². The van der Waals surface area contributed by atoms with E-state index in [-0.39, 0.29) is 11.8 Å². The summed E-state index contributed by atoms with van der Waals surface area (Å²) in [6, 6.07) is 8.51. The van der Waals surface area contributed by atoms with Gasteiger partial charge in [0.25, 0.3) is 0 Å². The highest BCUT2D eigenvalue weighted by Gasteiger charge is 2.28. The molecule has 3 unspecified atom stereocenters. The molecule has 0 radical (unpaired) electrons. The summed E-state index contributed by atoms with van der Waals surface area (Å²) < 4.78 is 4.57. The van der Waals surface area contributed by atoms with Gasteiger partial charge in [-0.15, -0.1) is 0 Å². The molecule has 0 fully saturated rings. The second-order valence-electron chi connectivity index (χ2n) is 6.14. The van der Waals surface area contributed by atoms with Crippen LogP contribution in [0.5, 0.6) is 0 Å². The summed E-state index contributed by atoms with van der Waals surface area (Å²) in [4.78, 5) is 24.0. The van der Waals surface area contributed by atoms with Gasteiger partial charge in [-0.25, -0.2) is 4.79 Å². The Bertz CT molecular complexity index is 519. The van der Waals surface area contributed by atoms with Crippen molar-refractivity contribution in [2.24, 2.45) is 5.92 Å². The van der Waals surface area contributed by atoms with Gasteiger partial charge in [0.05, 0.1) is 19.3 Å². The zero-order valence-corrected chi connectivity index (χ0v) is 14.8. The first kappa shape index (κ1) is 20.0. The minimum atomic E-state index is -0.722. The van der Waals surface area contributed by atoms with Crippen molar-refractivity contribution in [1.29, 1.82) is 0 Å². The molecule has 3 atom stereocenters. The zero-order chi connectivity index (χ0) is 18.1. The van der Waals surface area contributed by atoms with E-state index in [1.165, 1.54) is 7.11 Å². The smallest absolute Gasteiger partial charge is 0.407 e. The van der Waals surface area contributed by atoms with Crippen molar-refractivity contribution in [3.63, 3.8) is 0 Å². The molecule has 6 nitrogen and oxygen atoms in total. The largest absolute Gasteiger partial charge is 0.453 e. The second-order valence-corrected chi connectivity index (χ2v) is 6.14. The summed E-state index contributed by atoms with van der Waals surface area (Å²) in [5.41, 5.74) is 1.03. The quantitative estimate of drug-likeness (QED) is 0.676. The number of benzene rings is 1. The number of alkyl carbamates (subject to hydrolysis) is 1. The summed E-state index contributed by atoms with van der Waals surface area (Å²) in [5.74, 6) is -0.441. The Hall–Kier alpha value is -2.08. The first-order valence-corrected chi connectivity index (χ1v) is 8.25. The molecule has 0 saturated carbocycles. The standard InChI is InChI=1S/C18H28N2O4/c1-5-15(21)14(11-13-9-7-6-8-10-13)19-17(22)16(12(2)3)20-18(23)24-4/h6-10,12,14-16,21H,5,11H2,1-4H3,(H,19,22)(H,20,23). The van der Waals surface area contributed by atoms with Crippen LogP contribution < -0.4 is 10.6 Å². The van der Waals surface area contributed by atoms with E-state index >= 15 is 0 Å². The fraction of sp³-hybridized carbons (Fsp3) is 0.556. The van der Waals surface area contributed by atoms with Crippen LogP contribution >= 0.6 is 0 Å². The molecule has 0 aliphatic rings. The van der Waals surface area contributed by atoms with Crippen LogP contribution in [0.3, 0.4) is 0 Å². The van der Waals surface area contributed by atoms with E-state index < -0.39 is 24.3 Å². The van der Waals surface area contributed by atoms with E-state index in [2.05, 4.69) is 15.4 Å². The monoisotopic (exact) mass is 336 g/mol. The van der Waals surface area contributed by atoms with Crippen LogP contribution in [0.15, 0.2) is 30.3 Å². The highest BCUT2D eigenvalue weighted by atomic mass is 16.5. The third kappa shape index (κ3) is 6.20. The van der Waals surface area contributed by atoms with E-state index in [4.69, 9.17) is 0 Å². The molecule has 0 aromatic heterocycles. The first-order chi connectivity index (χ1) is 11.4. The molecule has 24 heavy (non-hydrogen) atoms. The van der Waals surface area contributed by atoms with Gasteiger partial charge in [-0.2, -0.15) is 0 Å². The predicted octanol–water partition coefficient (Wildman–Crippen LogP) is 1.87. The second kappa shape index (κ2) is 9.93. The summed E-state index contributed by atoms with van der Waals surface area (Å²) in [5, 5.41) is 15.7. The van der Waals surface area contributed by atoms with Crippen molar-refractivity contribution >= 4 is 12.0 Å². The van der Waals surface area contributed by atoms with Gasteiger partial charge in [-0.1, -0.05) is 51.1 Å². The van der Waals surface area contributed by atoms with Crippen molar-refractivity contribution in [3.05, 3.63) is 35.9 Å². The number of hydrogen-bond acceptors (Lipinski definition) is 4. The molecule has 0 saturated heterocycles. The molecular weight excluding hydrogens is 308 g/mol. The summed E-state index contributed by atoms with van der Waals surface area (Å²) in [6.07, 6.45) is -0.279. The van der Waals surface area contributed by atoms with Gasteiger partial charge < -0.3 is 20.5 Å². The van der Waals surface area contributed by atoms with Crippen LogP contribution in [0, 0.1) is 5.92 Å². The summed E-state index contributed by atoms with van der Waals surface area (Å²) in [7, 11) is 1.25. The molecule has 0 bridgehead atoms. The van der Waals surface area contributed by atoms with Crippen LogP contribution in [0.2, 0.25) is 0 Å². The maximum absolute atomic E-state index is 12.6. The lowest BCUT2D eigenvalue weighted by atomic mass is 9.97. The van der Waals surface area contributed by atoms with Crippen LogP contribution in [-0.2, 0) is 16.0 Å². The Morgan fingerprint density at radius 2 is 1.79 bits per heavy atom. The maximum Gasteiger partial charge on any atom is 0.407 e. The minimum Gasteiger partial charge on any atom is -0.453 e. The number of methoxy groups -OCH3 is 1. The Morgan fingerprint density at radius 1 is 1.17 bits per heavy atom. The number of nitrogens with one attached hydrogen (secondary N) is 2. The van der Waals surface area contributed by atoms with Gasteiger partial charge in [0, 0.05) is 0 Å². The molecule has 0 aliphatic heterocycles. The van der Waals surface area contributed by atoms with Gasteiger partial charge in [0.1, 0.15) is 6.04 Å². The number of rotatable bonds is 8. The van der Waals surface area contributed by atoms with E-state index in [0.717, 1.165) is 5.56 Å². The minimum absolute atomic E-state index is 0.111. The molecule has 1 aromatic carbocycles. The predicted molar refractivity (Wildman–Crippen MR) is 92.5 cm³/mol. The maximum atomic E-state index is 12.6. The Morgan fingerprint density at radius 3 is 2.29 bits per heavy atom. The zero-order valence-electron chi connectivity index (χ0n) is 14.8. The molecule has 0 aliphatic carbocycles. The van der Waals surface area contributed by atoms with E-state index in [9.17, 15) is 14.7 Å². The van der Waals surface area contributed by atoms with E-state index in [1.807, 2.05) is 51.1 Å². The molecule has 0 heterocycles. The fourth-order valence-corrected chi connectivity index (χ4v) is 2.43. The average Bonchev–Trinajstić information content (AvgIpc) is 2.58.